The molecule has 2 aliphatic heterocycles. The Morgan fingerprint density at radius 2 is 2.23 bits per heavy atom. The van der Waals surface area contributed by atoms with Gasteiger partial charge in [0, 0.05) is 18.6 Å². The molecular weight excluding hydrogens is 398 g/mol. The van der Waals surface area contributed by atoms with Gasteiger partial charge in [-0.2, -0.15) is 5.10 Å². The predicted octanol–water partition coefficient (Wildman–Crippen LogP) is 0.920. The van der Waals surface area contributed by atoms with Crippen LogP contribution >= 0.6 is 23.1 Å². The number of thioether (sulfide) groups is 1. The average molecular weight is 416 g/mol. The summed E-state index contributed by atoms with van der Waals surface area (Å²) in [5.74, 6) is -0.106. The van der Waals surface area contributed by atoms with Gasteiger partial charge in [0.1, 0.15) is 5.71 Å². The molecule has 1 atom stereocenters. The van der Waals surface area contributed by atoms with E-state index in [0.29, 0.717) is 21.6 Å². The Morgan fingerprint density at radius 3 is 2.92 bits per heavy atom. The van der Waals surface area contributed by atoms with E-state index in [9.17, 15) is 18.0 Å². The van der Waals surface area contributed by atoms with Gasteiger partial charge in [-0.05, 0) is 6.42 Å². The molecule has 1 aromatic rings. The highest BCUT2D eigenvalue weighted by Gasteiger charge is 2.37. The SMILES string of the molecule is C=CCSc1nnc(NC(=O)C2=NN([C@H]3CCS(=O)(=O)C3)C(=O)CC2)s1. The fraction of sp³-hybridized carbons (Fsp3) is 0.500. The van der Waals surface area contributed by atoms with E-state index in [1.165, 1.54) is 23.1 Å². The van der Waals surface area contributed by atoms with Crippen LogP contribution in [0, 0.1) is 0 Å². The van der Waals surface area contributed by atoms with Gasteiger partial charge in [0.2, 0.25) is 11.0 Å². The molecule has 1 fully saturated rings. The molecule has 0 bridgehead atoms. The van der Waals surface area contributed by atoms with Crippen molar-refractivity contribution >= 4 is 55.6 Å². The zero-order chi connectivity index (χ0) is 18.7. The van der Waals surface area contributed by atoms with E-state index in [0.717, 1.165) is 5.01 Å². The van der Waals surface area contributed by atoms with Crippen molar-refractivity contribution in [1.82, 2.24) is 15.2 Å². The number of sulfone groups is 1. The number of hydrogen-bond donors (Lipinski definition) is 1. The van der Waals surface area contributed by atoms with Gasteiger partial charge in [-0.15, -0.1) is 16.8 Å². The Hall–Kier alpha value is -1.79. The lowest BCUT2D eigenvalue weighted by Crippen LogP contribution is -2.42. The molecule has 3 rings (SSSR count). The van der Waals surface area contributed by atoms with Gasteiger partial charge in [-0.25, -0.2) is 13.4 Å². The zero-order valence-electron chi connectivity index (χ0n) is 13.8. The fourth-order valence-electron chi connectivity index (χ4n) is 2.61. The molecule has 0 aromatic carbocycles. The first-order valence-electron chi connectivity index (χ1n) is 7.86. The molecule has 9 nitrogen and oxygen atoms in total. The molecule has 0 spiro atoms. The summed E-state index contributed by atoms with van der Waals surface area (Å²) < 4.78 is 24.0. The summed E-state index contributed by atoms with van der Waals surface area (Å²) >= 11 is 2.69. The Labute approximate surface area is 158 Å². The fourth-order valence-corrected chi connectivity index (χ4v) is 5.81. The summed E-state index contributed by atoms with van der Waals surface area (Å²) in [5.41, 5.74) is 0.185. The minimum atomic E-state index is -3.15. The quantitative estimate of drug-likeness (QED) is 0.416. The molecule has 0 saturated carbocycles. The number of rotatable bonds is 6. The summed E-state index contributed by atoms with van der Waals surface area (Å²) in [5, 5.41) is 16.1. The second kappa shape index (κ2) is 7.84. The molecule has 12 heteroatoms. The average Bonchev–Trinajstić information content (AvgIpc) is 3.19. The molecule has 1 N–H and O–H groups in total. The number of anilines is 1. The number of carbonyl (C=O) groups excluding carboxylic acids is 2. The minimum Gasteiger partial charge on any atom is -0.295 e. The van der Waals surface area contributed by atoms with Gasteiger partial charge in [0.05, 0.1) is 17.5 Å². The standard InChI is InChI=1S/C14H17N5O4S3/c1-2-6-24-14-17-16-13(25-14)15-12(21)10-3-4-11(20)19(18-10)9-5-7-26(22,23)8-9/h2,9H,1,3-8H2,(H,15,16,21)/t9-/m0/s1. The monoisotopic (exact) mass is 415 g/mol. The van der Waals surface area contributed by atoms with Gasteiger partial charge < -0.3 is 0 Å². The third-order valence-corrected chi connectivity index (χ3v) is 7.55. The smallest absolute Gasteiger partial charge is 0.273 e. The number of aromatic nitrogens is 2. The molecule has 1 aromatic heterocycles. The van der Waals surface area contributed by atoms with Crippen molar-refractivity contribution in [2.24, 2.45) is 5.10 Å². The second-order valence-corrected chi connectivity index (χ2v) is 10.2. The number of carbonyl (C=O) groups is 2. The maximum absolute atomic E-state index is 12.4. The molecule has 140 valence electrons. The summed E-state index contributed by atoms with van der Waals surface area (Å²) in [7, 11) is -3.15. The highest BCUT2D eigenvalue weighted by Crippen LogP contribution is 2.26. The van der Waals surface area contributed by atoms with Crippen molar-refractivity contribution in [1.29, 1.82) is 0 Å². The van der Waals surface area contributed by atoms with Crippen molar-refractivity contribution in [3.63, 3.8) is 0 Å². The Bertz CT molecular complexity index is 864. The van der Waals surface area contributed by atoms with Crippen LogP contribution in [0.15, 0.2) is 22.1 Å². The van der Waals surface area contributed by atoms with Crippen LogP contribution in [0.1, 0.15) is 19.3 Å². The third-order valence-electron chi connectivity index (χ3n) is 3.83. The normalized spacial score (nSPS) is 22.2. The van der Waals surface area contributed by atoms with Crippen molar-refractivity contribution in [2.75, 3.05) is 22.6 Å². The molecule has 2 amide bonds. The van der Waals surface area contributed by atoms with E-state index in [1.807, 2.05) is 0 Å². The highest BCUT2D eigenvalue weighted by molar-refractivity contribution is 8.01. The highest BCUT2D eigenvalue weighted by atomic mass is 32.2. The lowest BCUT2D eigenvalue weighted by Gasteiger charge is -2.27. The van der Waals surface area contributed by atoms with Gasteiger partial charge in [0.25, 0.3) is 5.91 Å². The number of nitrogens with one attached hydrogen (secondary N) is 1. The van der Waals surface area contributed by atoms with E-state index in [4.69, 9.17) is 0 Å². The maximum atomic E-state index is 12.4. The molecule has 0 aliphatic carbocycles. The number of hydrazone groups is 1. The molecule has 0 unspecified atom stereocenters. The van der Waals surface area contributed by atoms with Crippen LogP contribution in [-0.4, -0.2) is 64.5 Å². The van der Waals surface area contributed by atoms with Gasteiger partial charge >= 0.3 is 0 Å². The van der Waals surface area contributed by atoms with Crippen LogP contribution in [0.5, 0.6) is 0 Å². The Kier molecular flexibility index (Phi) is 5.73. The number of amides is 2. The summed E-state index contributed by atoms with van der Waals surface area (Å²) in [6.07, 6.45) is 2.42. The van der Waals surface area contributed by atoms with Crippen molar-refractivity contribution in [2.45, 2.75) is 29.6 Å². The Balaban J connectivity index is 1.68. The molecule has 1 saturated heterocycles. The van der Waals surface area contributed by atoms with Gasteiger partial charge in [0.15, 0.2) is 14.2 Å². The van der Waals surface area contributed by atoms with Crippen molar-refractivity contribution < 1.29 is 18.0 Å². The van der Waals surface area contributed by atoms with E-state index in [1.54, 1.807) is 6.08 Å². The van der Waals surface area contributed by atoms with E-state index in [-0.39, 0.29) is 36.0 Å². The molecule has 0 radical (unpaired) electrons. The van der Waals surface area contributed by atoms with Crippen LogP contribution in [0.3, 0.4) is 0 Å². The Morgan fingerprint density at radius 1 is 1.42 bits per heavy atom. The van der Waals surface area contributed by atoms with Gasteiger partial charge in [-0.1, -0.05) is 29.2 Å². The van der Waals surface area contributed by atoms with E-state index >= 15 is 0 Å². The van der Waals surface area contributed by atoms with Crippen LogP contribution in [0.25, 0.3) is 0 Å². The zero-order valence-corrected chi connectivity index (χ0v) is 16.2. The lowest BCUT2D eigenvalue weighted by molar-refractivity contribution is -0.133. The van der Waals surface area contributed by atoms with Crippen LogP contribution in [0.2, 0.25) is 0 Å². The number of nitrogens with zero attached hydrogens (tertiary/aromatic N) is 4. The summed E-state index contributed by atoms with van der Waals surface area (Å²) in [6.45, 7) is 3.63. The third kappa shape index (κ3) is 4.48. The number of hydrogen-bond acceptors (Lipinski definition) is 9. The predicted molar refractivity (Wildman–Crippen MR) is 100 cm³/mol. The summed E-state index contributed by atoms with van der Waals surface area (Å²) in [6, 6.07) is -0.501. The second-order valence-electron chi connectivity index (χ2n) is 5.77. The van der Waals surface area contributed by atoms with Crippen molar-refractivity contribution in [3.8, 4) is 0 Å². The molecular formula is C14H17N5O4S3. The largest absolute Gasteiger partial charge is 0.295 e. The van der Waals surface area contributed by atoms with E-state index in [2.05, 4.69) is 27.2 Å². The van der Waals surface area contributed by atoms with Crippen LogP contribution in [-0.2, 0) is 19.4 Å². The first-order chi connectivity index (χ1) is 12.4. The minimum absolute atomic E-state index is 0.0361. The van der Waals surface area contributed by atoms with Crippen LogP contribution < -0.4 is 5.32 Å². The summed E-state index contributed by atoms with van der Waals surface area (Å²) in [4.78, 5) is 24.5. The van der Waals surface area contributed by atoms with Crippen molar-refractivity contribution in [3.05, 3.63) is 12.7 Å². The molecule has 3 heterocycles. The first-order valence-corrected chi connectivity index (χ1v) is 11.5. The molecule has 26 heavy (non-hydrogen) atoms. The topological polar surface area (TPSA) is 122 Å². The molecule has 2 aliphatic rings. The van der Waals surface area contributed by atoms with Gasteiger partial charge in [-0.3, -0.25) is 14.9 Å². The first kappa shape index (κ1) is 19.0. The van der Waals surface area contributed by atoms with E-state index < -0.39 is 21.8 Å². The van der Waals surface area contributed by atoms with Crippen LogP contribution in [0.4, 0.5) is 5.13 Å². The lowest BCUT2D eigenvalue weighted by atomic mass is 10.1. The maximum Gasteiger partial charge on any atom is 0.273 e.